The lowest BCUT2D eigenvalue weighted by molar-refractivity contribution is 0.0692. The molecule has 6 heteroatoms. The number of aromatic amines is 1. The first-order chi connectivity index (χ1) is 10.6. The van der Waals surface area contributed by atoms with Crippen molar-refractivity contribution >= 4 is 5.91 Å². The molecule has 0 aliphatic carbocycles. The van der Waals surface area contributed by atoms with Crippen molar-refractivity contribution in [3.05, 3.63) is 52.0 Å². The highest BCUT2D eigenvalue weighted by atomic mass is 16.2. The summed E-state index contributed by atoms with van der Waals surface area (Å²) in [7, 11) is 0. The molecule has 3 heterocycles. The fourth-order valence-electron chi connectivity index (χ4n) is 3.02. The zero-order valence-electron chi connectivity index (χ0n) is 12.9. The van der Waals surface area contributed by atoms with Crippen LogP contribution in [0.1, 0.15) is 40.5 Å². The number of H-pyrrole nitrogens is 1. The zero-order chi connectivity index (χ0) is 15.7. The van der Waals surface area contributed by atoms with Crippen LogP contribution in [0.5, 0.6) is 0 Å². The van der Waals surface area contributed by atoms with Gasteiger partial charge in [0.15, 0.2) is 5.43 Å². The minimum atomic E-state index is -0.184. The maximum absolute atomic E-state index is 12.5. The van der Waals surface area contributed by atoms with Crippen molar-refractivity contribution in [3.8, 4) is 0 Å². The standard InChI is InChI=1S/C16H20N4O2/c1-11-7-17-9-14(15(11)21)16(22)19-5-3-13(4-6-19)20-10-18-8-12(20)2/h7-10,13H,3-6H2,1-2H3,(H,17,21). The molecule has 0 spiro atoms. The molecule has 0 atom stereocenters. The smallest absolute Gasteiger partial charge is 0.259 e. The van der Waals surface area contributed by atoms with Gasteiger partial charge < -0.3 is 14.5 Å². The van der Waals surface area contributed by atoms with E-state index in [0.29, 0.717) is 24.7 Å². The summed E-state index contributed by atoms with van der Waals surface area (Å²) < 4.78 is 2.17. The number of piperidine rings is 1. The maximum Gasteiger partial charge on any atom is 0.259 e. The number of carbonyl (C=O) groups excluding carboxylic acids is 1. The molecule has 2 aromatic heterocycles. The summed E-state index contributed by atoms with van der Waals surface area (Å²) >= 11 is 0. The molecular formula is C16H20N4O2. The van der Waals surface area contributed by atoms with Gasteiger partial charge in [-0.3, -0.25) is 9.59 Å². The summed E-state index contributed by atoms with van der Waals surface area (Å²) in [6.07, 6.45) is 8.59. The number of hydrogen-bond acceptors (Lipinski definition) is 3. The van der Waals surface area contributed by atoms with Gasteiger partial charge in [-0.1, -0.05) is 0 Å². The number of rotatable bonds is 2. The number of pyridine rings is 1. The molecule has 2 aromatic rings. The highest BCUT2D eigenvalue weighted by molar-refractivity contribution is 5.94. The minimum absolute atomic E-state index is 0.175. The first-order valence-electron chi connectivity index (χ1n) is 7.53. The molecule has 0 aromatic carbocycles. The van der Waals surface area contributed by atoms with E-state index >= 15 is 0 Å². The second kappa shape index (κ2) is 5.79. The zero-order valence-corrected chi connectivity index (χ0v) is 12.9. The van der Waals surface area contributed by atoms with Crippen LogP contribution >= 0.6 is 0 Å². The highest BCUT2D eigenvalue weighted by Crippen LogP contribution is 2.24. The Kier molecular flexibility index (Phi) is 3.83. The molecular weight excluding hydrogens is 280 g/mol. The third kappa shape index (κ3) is 2.56. The molecule has 1 aliphatic rings. The first kappa shape index (κ1) is 14.6. The lowest BCUT2D eigenvalue weighted by Crippen LogP contribution is -2.41. The minimum Gasteiger partial charge on any atom is -0.366 e. The highest BCUT2D eigenvalue weighted by Gasteiger charge is 2.26. The third-order valence-corrected chi connectivity index (χ3v) is 4.37. The van der Waals surface area contributed by atoms with Crippen LogP contribution in [0.3, 0.4) is 0 Å². The van der Waals surface area contributed by atoms with Gasteiger partial charge in [-0.2, -0.15) is 0 Å². The Hall–Kier alpha value is -2.37. The van der Waals surface area contributed by atoms with Gasteiger partial charge in [-0.05, 0) is 26.7 Å². The number of hydrogen-bond donors (Lipinski definition) is 1. The van der Waals surface area contributed by atoms with E-state index in [1.165, 1.54) is 6.20 Å². The van der Waals surface area contributed by atoms with Crippen LogP contribution in [0.25, 0.3) is 0 Å². The molecule has 1 aliphatic heterocycles. The normalized spacial score (nSPS) is 16.0. The molecule has 1 saturated heterocycles. The number of likely N-dealkylation sites (tertiary alicyclic amines) is 1. The molecule has 1 N–H and O–H groups in total. The number of amides is 1. The molecule has 1 amide bonds. The Labute approximate surface area is 128 Å². The van der Waals surface area contributed by atoms with E-state index in [-0.39, 0.29) is 16.9 Å². The topological polar surface area (TPSA) is 71.0 Å². The number of aromatic nitrogens is 3. The number of carbonyl (C=O) groups is 1. The van der Waals surface area contributed by atoms with Crippen LogP contribution in [0.15, 0.2) is 29.7 Å². The van der Waals surface area contributed by atoms with E-state index in [9.17, 15) is 9.59 Å². The van der Waals surface area contributed by atoms with Crippen molar-refractivity contribution in [1.29, 1.82) is 0 Å². The monoisotopic (exact) mass is 300 g/mol. The molecule has 3 rings (SSSR count). The predicted octanol–water partition coefficient (Wildman–Crippen LogP) is 1.67. The fraction of sp³-hybridized carbons (Fsp3) is 0.438. The van der Waals surface area contributed by atoms with Gasteiger partial charge in [0.25, 0.3) is 5.91 Å². The van der Waals surface area contributed by atoms with Crippen molar-refractivity contribution in [2.45, 2.75) is 32.7 Å². The van der Waals surface area contributed by atoms with Crippen molar-refractivity contribution in [2.24, 2.45) is 0 Å². The quantitative estimate of drug-likeness (QED) is 0.917. The average Bonchev–Trinajstić information content (AvgIpc) is 2.96. The van der Waals surface area contributed by atoms with Crippen LogP contribution in [0.4, 0.5) is 0 Å². The fourth-order valence-corrected chi connectivity index (χ4v) is 3.02. The molecule has 22 heavy (non-hydrogen) atoms. The van der Waals surface area contributed by atoms with Crippen LogP contribution in [-0.2, 0) is 0 Å². The summed E-state index contributed by atoms with van der Waals surface area (Å²) in [5.74, 6) is -0.175. The van der Waals surface area contributed by atoms with Crippen molar-refractivity contribution in [1.82, 2.24) is 19.4 Å². The van der Waals surface area contributed by atoms with E-state index in [1.54, 1.807) is 18.0 Å². The van der Waals surface area contributed by atoms with Crippen molar-refractivity contribution < 1.29 is 4.79 Å². The molecule has 1 fully saturated rings. The average molecular weight is 300 g/mol. The van der Waals surface area contributed by atoms with Gasteiger partial charge in [-0.15, -0.1) is 0 Å². The van der Waals surface area contributed by atoms with Crippen LogP contribution in [0, 0.1) is 13.8 Å². The van der Waals surface area contributed by atoms with Crippen LogP contribution < -0.4 is 5.43 Å². The second-order valence-corrected chi connectivity index (χ2v) is 5.85. The van der Waals surface area contributed by atoms with Gasteiger partial charge in [0.2, 0.25) is 0 Å². The molecule has 0 radical (unpaired) electrons. The Morgan fingerprint density at radius 2 is 2.00 bits per heavy atom. The van der Waals surface area contributed by atoms with Gasteiger partial charge in [0.05, 0.1) is 6.33 Å². The molecule has 0 unspecified atom stereocenters. The number of aryl methyl sites for hydroxylation is 2. The first-order valence-corrected chi connectivity index (χ1v) is 7.53. The van der Waals surface area contributed by atoms with Gasteiger partial charge in [0, 0.05) is 49.0 Å². The lowest BCUT2D eigenvalue weighted by atomic mass is 10.0. The van der Waals surface area contributed by atoms with Gasteiger partial charge in [-0.25, -0.2) is 4.98 Å². The summed E-state index contributed by atoms with van der Waals surface area (Å²) in [6.45, 7) is 5.07. The van der Waals surface area contributed by atoms with Gasteiger partial charge >= 0.3 is 0 Å². The summed E-state index contributed by atoms with van der Waals surface area (Å²) in [4.78, 5) is 33.4. The van der Waals surface area contributed by atoms with Gasteiger partial charge in [0.1, 0.15) is 5.56 Å². The summed E-state index contributed by atoms with van der Waals surface area (Å²) in [6, 6.07) is 0.377. The summed E-state index contributed by atoms with van der Waals surface area (Å²) in [5, 5.41) is 0. The number of nitrogens with zero attached hydrogens (tertiary/aromatic N) is 3. The third-order valence-electron chi connectivity index (χ3n) is 4.37. The van der Waals surface area contributed by atoms with E-state index in [4.69, 9.17) is 0 Å². The largest absolute Gasteiger partial charge is 0.366 e. The lowest BCUT2D eigenvalue weighted by Gasteiger charge is -2.33. The maximum atomic E-state index is 12.5. The van der Waals surface area contributed by atoms with E-state index < -0.39 is 0 Å². The van der Waals surface area contributed by atoms with E-state index in [2.05, 4.69) is 14.5 Å². The second-order valence-electron chi connectivity index (χ2n) is 5.85. The van der Waals surface area contributed by atoms with Crippen molar-refractivity contribution in [2.75, 3.05) is 13.1 Å². The van der Waals surface area contributed by atoms with E-state index in [1.807, 2.05) is 19.4 Å². The Morgan fingerprint density at radius 1 is 1.27 bits per heavy atom. The Bertz CT molecular complexity index is 739. The molecule has 0 bridgehead atoms. The summed E-state index contributed by atoms with van der Waals surface area (Å²) in [5.41, 5.74) is 1.75. The van der Waals surface area contributed by atoms with Crippen LogP contribution in [0.2, 0.25) is 0 Å². The molecule has 6 nitrogen and oxygen atoms in total. The Balaban J connectivity index is 1.71. The molecule has 0 saturated carbocycles. The number of imidazole rings is 1. The van der Waals surface area contributed by atoms with Crippen LogP contribution in [-0.4, -0.2) is 38.4 Å². The van der Waals surface area contributed by atoms with Crippen molar-refractivity contribution in [3.63, 3.8) is 0 Å². The Morgan fingerprint density at radius 3 is 2.64 bits per heavy atom. The molecule has 116 valence electrons. The number of nitrogens with one attached hydrogen (secondary N) is 1. The van der Waals surface area contributed by atoms with E-state index in [0.717, 1.165) is 18.5 Å². The SMILES string of the molecule is Cc1c[nH]cc(C(=O)N2CCC(n3cncc3C)CC2)c1=O. The predicted molar refractivity (Wildman–Crippen MR) is 82.9 cm³/mol.